The van der Waals surface area contributed by atoms with Gasteiger partial charge in [0.2, 0.25) is 15.9 Å². The number of fused-ring (bicyclic) bond motifs is 2. The van der Waals surface area contributed by atoms with Crippen LogP contribution in [0.2, 0.25) is 0 Å². The lowest BCUT2D eigenvalue weighted by Gasteiger charge is -2.38. The van der Waals surface area contributed by atoms with E-state index < -0.39 is 10.0 Å². The molecule has 1 unspecified atom stereocenters. The Morgan fingerprint density at radius 3 is 2.53 bits per heavy atom. The van der Waals surface area contributed by atoms with Crippen LogP contribution in [0, 0.1) is 0 Å². The lowest BCUT2D eigenvalue weighted by Crippen LogP contribution is -2.48. The predicted molar refractivity (Wildman–Crippen MR) is 149 cm³/mol. The highest BCUT2D eigenvalue weighted by atomic mass is 32.2. The molecule has 8 heteroatoms. The highest BCUT2D eigenvalue weighted by molar-refractivity contribution is 7.89. The Morgan fingerprint density at radius 2 is 1.79 bits per heavy atom. The quantitative estimate of drug-likeness (QED) is 0.314. The molecule has 1 amide bonds. The molecule has 1 aliphatic rings. The molecule has 0 N–H and O–H groups in total. The van der Waals surface area contributed by atoms with Crippen molar-refractivity contribution >= 4 is 26.8 Å². The van der Waals surface area contributed by atoms with Gasteiger partial charge in [-0.3, -0.25) is 9.78 Å². The molecule has 198 valence electrons. The van der Waals surface area contributed by atoms with Gasteiger partial charge < -0.3 is 9.47 Å². The number of carbonyl (C=O) groups is 1. The Hall–Kier alpha value is -3.49. The number of hydrogen-bond acceptors (Lipinski definition) is 4. The van der Waals surface area contributed by atoms with Gasteiger partial charge in [0.05, 0.1) is 18.1 Å². The molecule has 0 spiro atoms. The standard InChI is InChI=1S/C30H34N4O3S/c1-4-17-33(38(36,37)27-11-5-8-24-9-6-16-31-29(24)27)21-28(35)34-20-19-32-18-7-10-26(32)30(34)25-14-12-23(13-15-25)22(2)3/h5-16,18,22,30H,4,17,19-21H2,1-3H3. The van der Waals surface area contributed by atoms with Gasteiger partial charge in [0.25, 0.3) is 0 Å². The minimum absolute atomic E-state index is 0.130. The number of carbonyl (C=O) groups excluding carboxylic acids is 1. The number of nitrogens with zero attached hydrogens (tertiary/aromatic N) is 4. The van der Waals surface area contributed by atoms with Gasteiger partial charge in [-0.05, 0) is 47.7 Å². The van der Waals surface area contributed by atoms with E-state index in [0.717, 1.165) is 16.6 Å². The number of para-hydroxylation sites is 1. The van der Waals surface area contributed by atoms with Crippen LogP contribution in [0.4, 0.5) is 0 Å². The van der Waals surface area contributed by atoms with Crippen molar-refractivity contribution in [2.24, 2.45) is 0 Å². The summed E-state index contributed by atoms with van der Waals surface area (Å²) in [6.07, 6.45) is 4.22. The van der Waals surface area contributed by atoms with E-state index in [1.807, 2.05) is 42.3 Å². The summed E-state index contributed by atoms with van der Waals surface area (Å²) in [4.78, 5) is 20.2. The van der Waals surface area contributed by atoms with E-state index in [1.165, 1.54) is 9.87 Å². The van der Waals surface area contributed by atoms with E-state index in [2.05, 4.69) is 47.7 Å². The van der Waals surface area contributed by atoms with Crippen LogP contribution in [0.3, 0.4) is 0 Å². The monoisotopic (exact) mass is 530 g/mol. The first kappa shape index (κ1) is 26.1. The van der Waals surface area contributed by atoms with E-state index in [4.69, 9.17) is 0 Å². The molecule has 7 nitrogen and oxygen atoms in total. The smallest absolute Gasteiger partial charge is 0.245 e. The SMILES string of the molecule is CCCN(CC(=O)N1CCn2cccc2C1c1ccc(C(C)C)cc1)S(=O)(=O)c1cccc2cccnc12. The topological polar surface area (TPSA) is 75.5 Å². The maximum absolute atomic E-state index is 13.9. The Balaban J connectivity index is 1.48. The zero-order valence-electron chi connectivity index (χ0n) is 22.1. The Bertz CT molecular complexity index is 1540. The van der Waals surface area contributed by atoms with Gasteiger partial charge in [-0.1, -0.05) is 63.2 Å². The third-order valence-electron chi connectivity index (χ3n) is 7.28. The first-order valence-electron chi connectivity index (χ1n) is 13.2. The first-order valence-corrected chi connectivity index (χ1v) is 14.6. The van der Waals surface area contributed by atoms with Crippen LogP contribution in [0.15, 0.2) is 84.0 Å². The van der Waals surface area contributed by atoms with Gasteiger partial charge >= 0.3 is 0 Å². The average Bonchev–Trinajstić information content (AvgIpc) is 3.41. The molecule has 38 heavy (non-hydrogen) atoms. The van der Waals surface area contributed by atoms with Gasteiger partial charge in [0.15, 0.2) is 0 Å². The largest absolute Gasteiger partial charge is 0.348 e. The summed E-state index contributed by atoms with van der Waals surface area (Å²) in [5.74, 6) is 0.203. The van der Waals surface area contributed by atoms with Crippen molar-refractivity contribution in [3.05, 3.63) is 95.9 Å². The molecular formula is C30H34N4O3S. The van der Waals surface area contributed by atoms with Crippen molar-refractivity contribution < 1.29 is 13.2 Å². The summed E-state index contributed by atoms with van der Waals surface area (Å²) in [6, 6.07) is 20.9. The third kappa shape index (κ3) is 4.86. The number of pyridine rings is 1. The molecule has 0 saturated carbocycles. The second kappa shape index (κ2) is 10.7. The number of amides is 1. The van der Waals surface area contributed by atoms with Crippen LogP contribution in [-0.2, 0) is 21.4 Å². The lowest BCUT2D eigenvalue weighted by molar-refractivity contribution is -0.134. The molecule has 4 aromatic rings. The van der Waals surface area contributed by atoms with E-state index >= 15 is 0 Å². The van der Waals surface area contributed by atoms with Gasteiger partial charge in [0.1, 0.15) is 4.90 Å². The summed E-state index contributed by atoms with van der Waals surface area (Å²) < 4.78 is 31.2. The Morgan fingerprint density at radius 1 is 1.03 bits per heavy atom. The summed E-state index contributed by atoms with van der Waals surface area (Å²) >= 11 is 0. The Labute approximate surface area is 224 Å². The van der Waals surface area contributed by atoms with E-state index in [-0.39, 0.29) is 29.9 Å². The van der Waals surface area contributed by atoms with Gasteiger partial charge in [-0.2, -0.15) is 4.31 Å². The zero-order valence-corrected chi connectivity index (χ0v) is 22.9. The highest BCUT2D eigenvalue weighted by Gasteiger charge is 2.35. The zero-order chi connectivity index (χ0) is 26.9. The first-order chi connectivity index (χ1) is 18.3. The second-order valence-electron chi connectivity index (χ2n) is 10.1. The second-order valence-corrected chi connectivity index (χ2v) is 12.0. The van der Waals surface area contributed by atoms with Crippen LogP contribution in [0.1, 0.15) is 56.0 Å². The highest BCUT2D eigenvalue weighted by Crippen LogP contribution is 2.34. The van der Waals surface area contributed by atoms with Crippen molar-refractivity contribution in [1.29, 1.82) is 0 Å². The molecule has 5 rings (SSSR count). The lowest BCUT2D eigenvalue weighted by atomic mass is 9.95. The van der Waals surface area contributed by atoms with Crippen LogP contribution in [-0.4, -0.2) is 52.7 Å². The molecule has 3 heterocycles. The number of hydrogen-bond donors (Lipinski definition) is 0. The van der Waals surface area contributed by atoms with Crippen molar-refractivity contribution in [3.8, 4) is 0 Å². The van der Waals surface area contributed by atoms with Crippen molar-refractivity contribution in [2.75, 3.05) is 19.6 Å². The molecule has 0 fully saturated rings. The minimum Gasteiger partial charge on any atom is -0.348 e. The summed E-state index contributed by atoms with van der Waals surface area (Å²) in [7, 11) is -3.95. The van der Waals surface area contributed by atoms with Crippen molar-refractivity contribution in [2.45, 2.75) is 50.6 Å². The molecule has 0 saturated heterocycles. The van der Waals surface area contributed by atoms with Gasteiger partial charge in [-0.15, -0.1) is 0 Å². The van der Waals surface area contributed by atoms with Crippen molar-refractivity contribution in [3.63, 3.8) is 0 Å². The Kier molecular flexibility index (Phi) is 7.36. The number of sulfonamides is 1. The molecule has 0 bridgehead atoms. The fourth-order valence-electron chi connectivity index (χ4n) is 5.26. The average molecular weight is 531 g/mol. The van der Waals surface area contributed by atoms with Crippen LogP contribution in [0.25, 0.3) is 10.9 Å². The van der Waals surface area contributed by atoms with E-state index in [0.29, 0.717) is 30.9 Å². The molecular weight excluding hydrogens is 496 g/mol. The number of aromatic nitrogens is 2. The maximum Gasteiger partial charge on any atom is 0.245 e. The fourth-order valence-corrected chi connectivity index (χ4v) is 6.91. The van der Waals surface area contributed by atoms with Crippen LogP contribution >= 0.6 is 0 Å². The summed E-state index contributed by atoms with van der Waals surface area (Å²) in [5, 5.41) is 0.748. The molecule has 1 atom stereocenters. The molecule has 2 aromatic heterocycles. The van der Waals surface area contributed by atoms with Crippen molar-refractivity contribution in [1.82, 2.24) is 18.8 Å². The number of rotatable bonds is 8. The molecule has 2 aromatic carbocycles. The molecule has 0 aliphatic carbocycles. The van der Waals surface area contributed by atoms with Gasteiger partial charge in [-0.25, -0.2) is 8.42 Å². The van der Waals surface area contributed by atoms with Crippen LogP contribution < -0.4 is 0 Å². The normalized spacial score (nSPS) is 15.8. The van der Waals surface area contributed by atoms with E-state index in [1.54, 1.807) is 24.4 Å². The summed E-state index contributed by atoms with van der Waals surface area (Å²) in [5.41, 5.74) is 3.71. The van der Waals surface area contributed by atoms with E-state index in [9.17, 15) is 13.2 Å². The predicted octanol–water partition coefficient (Wildman–Crippen LogP) is 5.19. The minimum atomic E-state index is -3.95. The summed E-state index contributed by atoms with van der Waals surface area (Å²) in [6.45, 7) is 7.43. The maximum atomic E-state index is 13.9. The van der Waals surface area contributed by atoms with Gasteiger partial charge in [0, 0.05) is 43.1 Å². The third-order valence-corrected chi connectivity index (χ3v) is 9.15. The molecule has 0 radical (unpaired) electrons. The fraction of sp³-hybridized carbons (Fsp3) is 0.333. The molecule has 1 aliphatic heterocycles. The van der Waals surface area contributed by atoms with Crippen LogP contribution in [0.5, 0.6) is 0 Å². The number of benzene rings is 2.